The van der Waals surface area contributed by atoms with Gasteiger partial charge in [-0.1, -0.05) is 11.6 Å². The van der Waals surface area contributed by atoms with Gasteiger partial charge in [-0.05, 0) is 6.92 Å². The maximum absolute atomic E-state index is 5.84. The van der Waals surface area contributed by atoms with Gasteiger partial charge < -0.3 is 14.7 Å². The van der Waals surface area contributed by atoms with Crippen molar-refractivity contribution in [3.05, 3.63) is 29.2 Å². The molecule has 8 heteroatoms. The highest BCUT2D eigenvalue weighted by Crippen LogP contribution is 2.19. The molecule has 2 aromatic rings. The molecule has 0 bridgehead atoms. The topological polar surface area (TPSA) is 61.3 Å². The summed E-state index contributed by atoms with van der Waals surface area (Å²) < 4.78 is 0. The molecule has 0 aliphatic carbocycles. The summed E-state index contributed by atoms with van der Waals surface area (Å²) in [4.78, 5) is 24.0. The molecule has 7 nitrogen and oxygen atoms in total. The molecule has 0 aromatic carbocycles. The Bertz CT molecular complexity index is 666. The second-order valence-corrected chi connectivity index (χ2v) is 6.17. The van der Waals surface area contributed by atoms with Crippen LogP contribution in [0.2, 0.25) is 5.02 Å². The predicted molar refractivity (Wildman–Crippen MR) is 92.6 cm³/mol. The van der Waals surface area contributed by atoms with Crippen LogP contribution in [0.5, 0.6) is 0 Å². The Kier molecular flexibility index (Phi) is 4.47. The monoisotopic (exact) mass is 333 g/mol. The molecule has 1 aliphatic heterocycles. The fraction of sp³-hybridized carbons (Fsp3) is 0.467. The zero-order valence-corrected chi connectivity index (χ0v) is 14.3. The first-order valence-electron chi connectivity index (χ1n) is 7.53. The molecule has 0 unspecified atom stereocenters. The summed E-state index contributed by atoms with van der Waals surface area (Å²) >= 11 is 5.84. The lowest BCUT2D eigenvalue weighted by Crippen LogP contribution is -2.47. The third-order valence-electron chi connectivity index (χ3n) is 3.72. The van der Waals surface area contributed by atoms with E-state index in [4.69, 9.17) is 11.6 Å². The highest BCUT2D eigenvalue weighted by atomic mass is 35.5. The maximum atomic E-state index is 5.84. The van der Waals surface area contributed by atoms with Gasteiger partial charge in [0.15, 0.2) is 0 Å². The fourth-order valence-corrected chi connectivity index (χ4v) is 2.60. The number of aryl methyl sites for hydroxylation is 1. The first kappa shape index (κ1) is 15.7. The van der Waals surface area contributed by atoms with Crippen molar-refractivity contribution in [2.45, 2.75) is 6.92 Å². The first-order chi connectivity index (χ1) is 11.0. The van der Waals surface area contributed by atoms with Crippen molar-refractivity contribution in [1.82, 2.24) is 19.9 Å². The minimum Gasteiger partial charge on any atom is -0.353 e. The minimum absolute atomic E-state index is 0.556. The standard InChI is InChI=1S/C15H20ClN7/c1-11-8-13(20-15(19-11)21(2)3)22-4-6-23(7-5-22)14-17-9-12(16)10-18-14/h8-10H,4-7H2,1-3H3. The van der Waals surface area contributed by atoms with E-state index in [1.165, 1.54) is 0 Å². The van der Waals surface area contributed by atoms with E-state index >= 15 is 0 Å². The van der Waals surface area contributed by atoms with E-state index in [0.29, 0.717) is 5.02 Å². The van der Waals surface area contributed by atoms with Crippen LogP contribution in [0.1, 0.15) is 5.69 Å². The van der Waals surface area contributed by atoms with Crippen LogP contribution in [0.3, 0.4) is 0 Å². The Morgan fingerprint density at radius 1 is 1.00 bits per heavy atom. The quantitative estimate of drug-likeness (QED) is 0.845. The summed E-state index contributed by atoms with van der Waals surface area (Å²) in [6.07, 6.45) is 3.26. The summed E-state index contributed by atoms with van der Waals surface area (Å²) in [6.45, 7) is 5.44. The van der Waals surface area contributed by atoms with Crippen LogP contribution >= 0.6 is 11.6 Å². The minimum atomic E-state index is 0.556. The van der Waals surface area contributed by atoms with Gasteiger partial charge in [0.1, 0.15) is 5.82 Å². The second-order valence-electron chi connectivity index (χ2n) is 5.74. The van der Waals surface area contributed by atoms with Gasteiger partial charge in [-0.15, -0.1) is 0 Å². The van der Waals surface area contributed by atoms with E-state index in [1.54, 1.807) is 12.4 Å². The van der Waals surface area contributed by atoms with Crippen LogP contribution in [0.4, 0.5) is 17.7 Å². The number of rotatable bonds is 3. The van der Waals surface area contributed by atoms with Crippen LogP contribution in [-0.4, -0.2) is 60.2 Å². The van der Waals surface area contributed by atoms with Crippen molar-refractivity contribution in [3.8, 4) is 0 Å². The van der Waals surface area contributed by atoms with Crippen molar-refractivity contribution >= 4 is 29.3 Å². The number of hydrogen-bond acceptors (Lipinski definition) is 7. The molecule has 1 fully saturated rings. The number of anilines is 3. The van der Waals surface area contributed by atoms with Crippen LogP contribution in [0.15, 0.2) is 18.5 Å². The second kappa shape index (κ2) is 6.54. The molecule has 2 aromatic heterocycles. The largest absolute Gasteiger partial charge is 0.353 e. The lowest BCUT2D eigenvalue weighted by atomic mass is 10.3. The Labute approximate surface area is 140 Å². The molecule has 0 N–H and O–H groups in total. The van der Waals surface area contributed by atoms with Crippen LogP contribution in [0, 0.1) is 6.92 Å². The number of aromatic nitrogens is 4. The molecule has 3 rings (SSSR count). The Morgan fingerprint density at radius 3 is 2.22 bits per heavy atom. The summed E-state index contributed by atoms with van der Waals surface area (Å²) in [6, 6.07) is 2.03. The number of hydrogen-bond donors (Lipinski definition) is 0. The van der Waals surface area contributed by atoms with Crippen molar-refractivity contribution in [2.24, 2.45) is 0 Å². The summed E-state index contributed by atoms with van der Waals surface area (Å²) in [5.41, 5.74) is 0.974. The summed E-state index contributed by atoms with van der Waals surface area (Å²) in [7, 11) is 3.91. The lowest BCUT2D eigenvalue weighted by molar-refractivity contribution is 0.633. The molecule has 0 saturated carbocycles. The van der Waals surface area contributed by atoms with E-state index in [9.17, 15) is 0 Å². The summed E-state index contributed by atoms with van der Waals surface area (Å²) in [5.74, 6) is 2.43. The van der Waals surface area contributed by atoms with Gasteiger partial charge in [0, 0.05) is 52.0 Å². The highest BCUT2D eigenvalue weighted by Gasteiger charge is 2.20. The maximum Gasteiger partial charge on any atom is 0.226 e. The van der Waals surface area contributed by atoms with Crippen molar-refractivity contribution in [2.75, 3.05) is 55.0 Å². The summed E-state index contributed by atoms with van der Waals surface area (Å²) in [5, 5.41) is 0.556. The number of piperazine rings is 1. The van der Waals surface area contributed by atoms with Crippen LogP contribution in [-0.2, 0) is 0 Å². The van der Waals surface area contributed by atoms with E-state index < -0.39 is 0 Å². The molecule has 122 valence electrons. The smallest absolute Gasteiger partial charge is 0.226 e. The molecule has 3 heterocycles. The van der Waals surface area contributed by atoms with Gasteiger partial charge in [-0.25, -0.2) is 15.0 Å². The molecule has 1 aliphatic rings. The van der Waals surface area contributed by atoms with Gasteiger partial charge in [0.2, 0.25) is 11.9 Å². The van der Waals surface area contributed by atoms with Crippen molar-refractivity contribution in [1.29, 1.82) is 0 Å². The van der Waals surface area contributed by atoms with E-state index in [0.717, 1.165) is 49.6 Å². The van der Waals surface area contributed by atoms with E-state index in [2.05, 4.69) is 29.7 Å². The molecule has 0 atom stereocenters. The average molecular weight is 334 g/mol. The molecule has 0 radical (unpaired) electrons. The van der Waals surface area contributed by atoms with Gasteiger partial charge in [0.25, 0.3) is 0 Å². The SMILES string of the molecule is Cc1cc(N2CCN(c3ncc(Cl)cn3)CC2)nc(N(C)C)n1. The molecule has 0 amide bonds. The normalized spacial score (nSPS) is 15.0. The zero-order valence-electron chi connectivity index (χ0n) is 13.6. The molecular formula is C15H20ClN7. The fourth-order valence-electron chi connectivity index (χ4n) is 2.50. The van der Waals surface area contributed by atoms with Crippen LogP contribution in [0.25, 0.3) is 0 Å². The third kappa shape index (κ3) is 3.61. The average Bonchev–Trinajstić information content (AvgIpc) is 2.55. The molecular weight excluding hydrogens is 314 g/mol. The first-order valence-corrected chi connectivity index (χ1v) is 7.91. The Balaban J connectivity index is 1.70. The predicted octanol–water partition coefficient (Wildman–Crippen LogP) is 1.62. The number of nitrogens with zero attached hydrogens (tertiary/aromatic N) is 7. The van der Waals surface area contributed by atoms with E-state index in [1.807, 2.05) is 32.0 Å². The van der Waals surface area contributed by atoms with Crippen molar-refractivity contribution in [3.63, 3.8) is 0 Å². The van der Waals surface area contributed by atoms with Crippen molar-refractivity contribution < 1.29 is 0 Å². The molecule has 0 spiro atoms. The molecule has 1 saturated heterocycles. The Hall–Kier alpha value is -2.15. The number of halogens is 1. The lowest BCUT2D eigenvalue weighted by Gasteiger charge is -2.35. The van der Waals surface area contributed by atoms with Gasteiger partial charge >= 0.3 is 0 Å². The van der Waals surface area contributed by atoms with Gasteiger partial charge in [-0.2, -0.15) is 4.98 Å². The molecule has 23 heavy (non-hydrogen) atoms. The third-order valence-corrected chi connectivity index (χ3v) is 3.92. The Morgan fingerprint density at radius 2 is 1.61 bits per heavy atom. The van der Waals surface area contributed by atoms with Gasteiger partial charge in [0.05, 0.1) is 17.4 Å². The highest BCUT2D eigenvalue weighted by molar-refractivity contribution is 6.30. The zero-order chi connectivity index (χ0) is 16.4. The van der Waals surface area contributed by atoms with E-state index in [-0.39, 0.29) is 0 Å². The van der Waals surface area contributed by atoms with Crippen LogP contribution < -0.4 is 14.7 Å². The van der Waals surface area contributed by atoms with Gasteiger partial charge in [-0.3, -0.25) is 0 Å².